The van der Waals surface area contributed by atoms with Gasteiger partial charge in [-0.3, -0.25) is 4.79 Å². The van der Waals surface area contributed by atoms with Crippen LogP contribution in [0.5, 0.6) is 0 Å². The summed E-state index contributed by atoms with van der Waals surface area (Å²) in [5.41, 5.74) is 1.88. The molecule has 0 spiro atoms. The molecule has 19 heavy (non-hydrogen) atoms. The number of methoxy groups -OCH3 is 1. The van der Waals surface area contributed by atoms with Crippen molar-refractivity contribution < 1.29 is 14.3 Å². The van der Waals surface area contributed by atoms with E-state index in [2.05, 4.69) is 5.32 Å². The van der Waals surface area contributed by atoms with Gasteiger partial charge in [-0.25, -0.2) is 4.79 Å². The predicted octanol–water partition coefficient (Wildman–Crippen LogP) is 2.77. The molecule has 0 aliphatic heterocycles. The molecule has 1 atom stereocenters. The second kappa shape index (κ2) is 5.43. The van der Waals surface area contributed by atoms with Crippen molar-refractivity contribution in [2.24, 2.45) is 11.8 Å². The third-order valence-corrected chi connectivity index (χ3v) is 3.58. The molecular weight excluding hydrogens is 242 g/mol. The standard InChI is InChI=1S/C15H19NO3/c1-9-4-7-13(12(8-9)15(18)19-3)16-14(17)10(2)11-5-6-11/h4,7-8,10-11H,5-6H2,1-3H3,(H,16,17). The van der Waals surface area contributed by atoms with Crippen molar-refractivity contribution in [2.75, 3.05) is 12.4 Å². The number of amides is 1. The molecular formula is C15H19NO3. The zero-order valence-corrected chi connectivity index (χ0v) is 11.5. The fourth-order valence-electron chi connectivity index (χ4n) is 2.10. The van der Waals surface area contributed by atoms with E-state index in [0.717, 1.165) is 18.4 Å². The number of carbonyl (C=O) groups is 2. The molecule has 1 N–H and O–H groups in total. The summed E-state index contributed by atoms with van der Waals surface area (Å²) in [6, 6.07) is 5.34. The van der Waals surface area contributed by atoms with Crippen LogP contribution in [-0.2, 0) is 9.53 Å². The lowest BCUT2D eigenvalue weighted by atomic mass is 10.0. The van der Waals surface area contributed by atoms with Crippen molar-refractivity contribution in [3.8, 4) is 0 Å². The van der Waals surface area contributed by atoms with Crippen LogP contribution in [0.15, 0.2) is 18.2 Å². The second-order valence-corrected chi connectivity index (χ2v) is 5.16. The Kier molecular flexibility index (Phi) is 3.88. The number of hydrogen-bond acceptors (Lipinski definition) is 3. The lowest BCUT2D eigenvalue weighted by Gasteiger charge is -2.14. The minimum Gasteiger partial charge on any atom is -0.465 e. The minimum atomic E-state index is -0.432. The largest absolute Gasteiger partial charge is 0.465 e. The first-order valence-electron chi connectivity index (χ1n) is 6.52. The monoisotopic (exact) mass is 261 g/mol. The minimum absolute atomic E-state index is 0.00759. The number of carbonyl (C=O) groups excluding carboxylic acids is 2. The molecule has 0 heterocycles. The molecule has 0 radical (unpaired) electrons. The highest BCUT2D eigenvalue weighted by molar-refractivity contribution is 6.02. The van der Waals surface area contributed by atoms with Gasteiger partial charge < -0.3 is 10.1 Å². The topological polar surface area (TPSA) is 55.4 Å². The Morgan fingerprint density at radius 2 is 2.05 bits per heavy atom. The fraction of sp³-hybridized carbons (Fsp3) is 0.467. The van der Waals surface area contributed by atoms with E-state index in [0.29, 0.717) is 17.2 Å². The Labute approximate surface area is 113 Å². The van der Waals surface area contributed by atoms with Crippen molar-refractivity contribution in [3.63, 3.8) is 0 Å². The van der Waals surface area contributed by atoms with Gasteiger partial charge in [-0.1, -0.05) is 18.6 Å². The highest BCUT2D eigenvalue weighted by Gasteiger charge is 2.32. The molecule has 1 unspecified atom stereocenters. The summed E-state index contributed by atoms with van der Waals surface area (Å²) >= 11 is 0. The summed E-state index contributed by atoms with van der Waals surface area (Å²) in [5.74, 6) is 0.0217. The summed E-state index contributed by atoms with van der Waals surface area (Å²) in [6.45, 7) is 3.82. The molecule has 0 aromatic heterocycles. The molecule has 1 aromatic carbocycles. The van der Waals surface area contributed by atoms with E-state index >= 15 is 0 Å². The van der Waals surface area contributed by atoms with Crippen LogP contribution in [-0.4, -0.2) is 19.0 Å². The van der Waals surface area contributed by atoms with E-state index in [9.17, 15) is 9.59 Å². The van der Waals surface area contributed by atoms with E-state index in [1.807, 2.05) is 19.9 Å². The zero-order chi connectivity index (χ0) is 14.0. The highest BCUT2D eigenvalue weighted by Crippen LogP contribution is 2.37. The maximum atomic E-state index is 12.1. The fourth-order valence-corrected chi connectivity index (χ4v) is 2.10. The first-order chi connectivity index (χ1) is 9.02. The Morgan fingerprint density at radius 3 is 2.63 bits per heavy atom. The summed E-state index contributed by atoms with van der Waals surface area (Å²) in [4.78, 5) is 23.8. The van der Waals surface area contributed by atoms with Crippen molar-refractivity contribution >= 4 is 17.6 Å². The molecule has 0 bridgehead atoms. The van der Waals surface area contributed by atoms with Crippen LogP contribution in [0.2, 0.25) is 0 Å². The molecule has 102 valence electrons. The van der Waals surface area contributed by atoms with Gasteiger partial charge in [-0.15, -0.1) is 0 Å². The number of rotatable bonds is 4. The van der Waals surface area contributed by atoms with E-state index < -0.39 is 5.97 Å². The lowest BCUT2D eigenvalue weighted by Crippen LogP contribution is -2.23. The maximum absolute atomic E-state index is 12.1. The van der Waals surface area contributed by atoms with Gasteiger partial charge in [0, 0.05) is 5.92 Å². The van der Waals surface area contributed by atoms with Gasteiger partial charge in [0.15, 0.2) is 0 Å². The third-order valence-electron chi connectivity index (χ3n) is 3.58. The SMILES string of the molecule is COC(=O)c1cc(C)ccc1NC(=O)C(C)C1CC1. The van der Waals surface area contributed by atoms with E-state index in [1.54, 1.807) is 12.1 Å². The van der Waals surface area contributed by atoms with Gasteiger partial charge in [-0.2, -0.15) is 0 Å². The number of esters is 1. The van der Waals surface area contributed by atoms with Gasteiger partial charge in [-0.05, 0) is 37.8 Å². The van der Waals surface area contributed by atoms with Crippen LogP contribution in [0, 0.1) is 18.8 Å². The Bertz CT molecular complexity index is 506. The normalized spacial score (nSPS) is 15.7. The molecule has 1 saturated carbocycles. The van der Waals surface area contributed by atoms with Crippen LogP contribution < -0.4 is 5.32 Å². The van der Waals surface area contributed by atoms with Gasteiger partial charge in [0.05, 0.1) is 18.4 Å². The van der Waals surface area contributed by atoms with Crippen molar-refractivity contribution in [1.29, 1.82) is 0 Å². The first kappa shape index (κ1) is 13.6. The summed E-state index contributed by atoms with van der Waals surface area (Å²) in [7, 11) is 1.34. The Balaban J connectivity index is 2.19. The lowest BCUT2D eigenvalue weighted by molar-refractivity contribution is -0.119. The first-order valence-corrected chi connectivity index (χ1v) is 6.52. The number of hydrogen-bond donors (Lipinski definition) is 1. The van der Waals surface area contributed by atoms with Crippen molar-refractivity contribution in [2.45, 2.75) is 26.7 Å². The van der Waals surface area contributed by atoms with Crippen molar-refractivity contribution in [3.05, 3.63) is 29.3 Å². The van der Waals surface area contributed by atoms with Gasteiger partial charge in [0.1, 0.15) is 0 Å². The van der Waals surface area contributed by atoms with Crippen LogP contribution in [0.1, 0.15) is 35.7 Å². The highest BCUT2D eigenvalue weighted by atomic mass is 16.5. The molecule has 1 aliphatic rings. The maximum Gasteiger partial charge on any atom is 0.339 e. The number of benzene rings is 1. The van der Waals surface area contributed by atoms with E-state index in [-0.39, 0.29) is 11.8 Å². The summed E-state index contributed by atoms with van der Waals surface area (Å²) in [6.07, 6.45) is 2.23. The number of anilines is 1. The molecule has 0 saturated heterocycles. The Morgan fingerprint density at radius 1 is 1.37 bits per heavy atom. The van der Waals surface area contributed by atoms with E-state index in [4.69, 9.17) is 4.74 Å². The molecule has 4 heteroatoms. The molecule has 1 amide bonds. The van der Waals surface area contributed by atoms with Crippen LogP contribution in [0.3, 0.4) is 0 Å². The van der Waals surface area contributed by atoms with Crippen molar-refractivity contribution in [1.82, 2.24) is 0 Å². The van der Waals surface area contributed by atoms with Gasteiger partial charge in [0.25, 0.3) is 0 Å². The molecule has 1 fully saturated rings. The number of nitrogens with one attached hydrogen (secondary N) is 1. The van der Waals surface area contributed by atoms with Gasteiger partial charge >= 0.3 is 5.97 Å². The quantitative estimate of drug-likeness (QED) is 0.848. The average molecular weight is 261 g/mol. The second-order valence-electron chi connectivity index (χ2n) is 5.16. The zero-order valence-electron chi connectivity index (χ0n) is 11.5. The van der Waals surface area contributed by atoms with E-state index in [1.165, 1.54) is 7.11 Å². The third kappa shape index (κ3) is 3.13. The predicted molar refractivity (Wildman–Crippen MR) is 73.0 cm³/mol. The number of ether oxygens (including phenoxy) is 1. The number of aryl methyl sites for hydroxylation is 1. The smallest absolute Gasteiger partial charge is 0.339 e. The Hall–Kier alpha value is -1.84. The molecule has 1 aliphatic carbocycles. The molecule has 2 rings (SSSR count). The molecule has 1 aromatic rings. The van der Waals surface area contributed by atoms with Gasteiger partial charge in [0.2, 0.25) is 5.91 Å². The average Bonchev–Trinajstić information content (AvgIpc) is 3.23. The summed E-state index contributed by atoms with van der Waals surface area (Å²) < 4.78 is 4.74. The molecule has 4 nitrogen and oxygen atoms in total. The van der Waals surface area contributed by atoms with Crippen LogP contribution in [0.25, 0.3) is 0 Å². The summed E-state index contributed by atoms with van der Waals surface area (Å²) in [5, 5.41) is 2.83. The van der Waals surface area contributed by atoms with Crippen LogP contribution >= 0.6 is 0 Å². The van der Waals surface area contributed by atoms with Crippen LogP contribution in [0.4, 0.5) is 5.69 Å².